The molecule has 0 spiro atoms. The molecule has 134 valence electrons. The van der Waals surface area contributed by atoms with Gasteiger partial charge in [0.2, 0.25) is 11.8 Å². The van der Waals surface area contributed by atoms with E-state index in [9.17, 15) is 23.6 Å². The summed E-state index contributed by atoms with van der Waals surface area (Å²) in [6, 6.07) is -2.44. The molecule has 0 aromatic heterocycles. The molecule has 0 saturated carbocycles. The number of hydroxylamine groups is 2. The van der Waals surface area contributed by atoms with Crippen LogP contribution in [0, 0.1) is 0 Å². The predicted octanol–water partition coefficient (Wildman–Crippen LogP) is -1.71. The van der Waals surface area contributed by atoms with Crippen LogP contribution in [0.5, 0.6) is 0 Å². The maximum absolute atomic E-state index is 13.2. The Morgan fingerprint density at radius 3 is 2.64 bits per heavy atom. The minimum absolute atomic E-state index is 0. The second-order valence-electron chi connectivity index (χ2n) is 5.35. The second-order valence-corrected chi connectivity index (χ2v) is 5.35. The number of halogens is 1. The number of carbonyl (C=O) groups excluding carboxylic acids is 3. The van der Waals surface area contributed by atoms with Gasteiger partial charge in [0, 0.05) is 6.92 Å². The first-order chi connectivity index (χ1) is 11.2. The van der Waals surface area contributed by atoms with Gasteiger partial charge < -0.3 is 20.6 Å². The summed E-state index contributed by atoms with van der Waals surface area (Å²) in [5.74, 6) is -2.71. The van der Waals surface area contributed by atoms with E-state index in [4.69, 9.17) is 5.11 Å². The molecule has 0 aromatic carbocycles. The molecular formula is C13H18FLiN4O6. The third kappa shape index (κ3) is 4.50. The number of rotatable bonds is 6. The Bertz CT molecular complexity index is 615. The number of carboxylic acid groups (broad SMARTS) is 1. The van der Waals surface area contributed by atoms with Crippen molar-refractivity contribution in [3.8, 4) is 0 Å². The molecule has 1 saturated heterocycles. The molecule has 25 heavy (non-hydrogen) atoms. The number of urea groups is 1. The molecule has 0 unspecified atom stereocenters. The summed E-state index contributed by atoms with van der Waals surface area (Å²) in [5.41, 5.74) is 0.525. The molecule has 2 aliphatic rings. The SMILES string of the molecule is CC(=O)NCNC(=O)[C@@H]1C(C)=C[C@@H]2CN1C(=O)N2O[C@@H](F)C(=O)O.[LiH]. The van der Waals surface area contributed by atoms with Gasteiger partial charge in [-0.3, -0.25) is 9.59 Å². The van der Waals surface area contributed by atoms with Crippen molar-refractivity contribution in [3.63, 3.8) is 0 Å². The molecule has 0 radical (unpaired) electrons. The molecule has 2 rings (SSSR count). The molecule has 3 N–H and O–H groups in total. The van der Waals surface area contributed by atoms with E-state index in [2.05, 4.69) is 15.5 Å². The van der Waals surface area contributed by atoms with Crippen molar-refractivity contribution < 1.29 is 33.5 Å². The zero-order chi connectivity index (χ0) is 18.0. The van der Waals surface area contributed by atoms with Gasteiger partial charge in [0.15, 0.2) is 0 Å². The molecule has 10 nitrogen and oxygen atoms in total. The number of aliphatic carboxylic acids is 1. The van der Waals surface area contributed by atoms with Crippen LogP contribution in [0.15, 0.2) is 11.6 Å². The number of nitrogens with one attached hydrogen (secondary N) is 2. The molecular weight excluding hydrogens is 334 g/mol. The molecule has 3 atom stereocenters. The Balaban J connectivity index is 0.00000312. The van der Waals surface area contributed by atoms with Gasteiger partial charge in [-0.15, -0.1) is 0 Å². The monoisotopic (exact) mass is 352 g/mol. The standard InChI is InChI=1S/C13H17FN4O6.Li.H/c1-6-3-8-4-17(9(6)11(20)16-5-15-7(2)19)13(23)18(8)24-10(14)12(21)22;;/h3,8-10H,4-5H2,1-2H3,(H,15,19)(H,16,20)(H,21,22);;/t8-,9+,10-;;/m1../s1. The average molecular weight is 352 g/mol. The fraction of sp³-hybridized carbons (Fsp3) is 0.538. The second kappa shape index (κ2) is 8.33. The van der Waals surface area contributed by atoms with Gasteiger partial charge >= 0.3 is 37.2 Å². The Labute approximate surface area is 154 Å². The summed E-state index contributed by atoms with van der Waals surface area (Å²) in [4.78, 5) is 51.5. The molecule has 2 aliphatic heterocycles. The van der Waals surface area contributed by atoms with Crippen molar-refractivity contribution in [1.29, 1.82) is 0 Å². The van der Waals surface area contributed by atoms with Crippen LogP contribution in [0.2, 0.25) is 0 Å². The van der Waals surface area contributed by atoms with E-state index >= 15 is 0 Å². The van der Waals surface area contributed by atoms with E-state index in [1.807, 2.05) is 0 Å². The number of carboxylic acids is 1. The predicted molar refractivity (Wildman–Crippen MR) is 82.9 cm³/mol. The summed E-state index contributed by atoms with van der Waals surface area (Å²) in [6.07, 6.45) is -1.14. The number of nitrogens with zero attached hydrogens (tertiary/aromatic N) is 2. The van der Waals surface area contributed by atoms with Crippen molar-refractivity contribution in [2.24, 2.45) is 0 Å². The number of hydrogen-bond acceptors (Lipinski definition) is 5. The van der Waals surface area contributed by atoms with E-state index in [-0.39, 0.29) is 38.0 Å². The summed E-state index contributed by atoms with van der Waals surface area (Å²) in [7, 11) is 0. The summed E-state index contributed by atoms with van der Waals surface area (Å²) >= 11 is 0. The number of amides is 4. The third-order valence-corrected chi connectivity index (χ3v) is 3.57. The Kier molecular flexibility index (Phi) is 6.98. The topological polar surface area (TPSA) is 128 Å². The maximum atomic E-state index is 13.2. The van der Waals surface area contributed by atoms with E-state index < -0.39 is 36.3 Å². The first kappa shape index (κ1) is 21.0. The first-order valence-electron chi connectivity index (χ1n) is 7.06. The zero-order valence-electron chi connectivity index (χ0n) is 13.0. The number of hydrogen-bond donors (Lipinski definition) is 3. The van der Waals surface area contributed by atoms with Crippen LogP contribution in [0.25, 0.3) is 0 Å². The molecule has 1 fully saturated rings. The Morgan fingerprint density at radius 1 is 1.44 bits per heavy atom. The number of alkyl halides is 1. The van der Waals surface area contributed by atoms with Crippen molar-refractivity contribution in [2.45, 2.75) is 32.3 Å². The van der Waals surface area contributed by atoms with Crippen LogP contribution >= 0.6 is 0 Å². The molecule has 2 heterocycles. The van der Waals surface area contributed by atoms with Gasteiger partial charge in [-0.1, -0.05) is 6.08 Å². The summed E-state index contributed by atoms with van der Waals surface area (Å²) in [6.45, 7) is 2.86. The minimum atomic E-state index is -2.68. The van der Waals surface area contributed by atoms with E-state index in [1.54, 1.807) is 13.0 Å². The zero-order valence-corrected chi connectivity index (χ0v) is 13.0. The fourth-order valence-corrected chi connectivity index (χ4v) is 2.57. The van der Waals surface area contributed by atoms with Gasteiger partial charge in [-0.05, 0) is 12.5 Å². The molecule has 4 amide bonds. The normalized spacial score (nSPS) is 22.7. The van der Waals surface area contributed by atoms with Crippen LogP contribution in [-0.4, -0.2) is 89.4 Å². The summed E-state index contributed by atoms with van der Waals surface area (Å²) < 4.78 is 13.2. The van der Waals surface area contributed by atoms with Crippen LogP contribution in [-0.2, 0) is 19.2 Å². The molecule has 2 bridgehead atoms. The van der Waals surface area contributed by atoms with Crippen molar-refractivity contribution in [3.05, 3.63) is 11.6 Å². The number of carbonyl (C=O) groups is 4. The first-order valence-corrected chi connectivity index (χ1v) is 7.06. The van der Waals surface area contributed by atoms with Crippen LogP contribution in [0.1, 0.15) is 13.8 Å². The van der Waals surface area contributed by atoms with Crippen LogP contribution in [0.4, 0.5) is 9.18 Å². The van der Waals surface area contributed by atoms with E-state index in [1.165, 1.54) is 6.92 Å². The third-order valence-electron chi connectivity index (χ3n) is 3.57. The van der Waals surface area contributed by atoms with Gasteiger partial charge in [0.1, 0.15) is 6.04 Å². The van der Waals surface area contributed by atoms with E-state index in [0.29, 0.717) is 10.6 Å². The Hall–Kier alpha value is -2.09. The fourth-order valence-electron chi connectivity index (χ4n) is 2.57. The summed E-state index contributed by atoms with van der Waals surface area (Å²) in [5, 5.41) is 14.0. The van der Waals surface area contributed by atoms with Crippen molar-refractivity contribution in [1.82, 2.24) is 20.6 Å². The molecule has 12 heteroatoms. The Morgan fingerprint density at radius 2 is 2.08 bits per heavy atom. The molecule has 0 aromatic rings. The number of fused-ring (bicyclic) bond motifs is 2. The van der Waals surface area contributed by atoms with Gasteiger partial charge in [-0.25, -0.2) is 18.8 Å². The van der Waals surface area contributed by atoms with Gasteiger partial charge in [0.05, 0.1) is 19.3 Å². The van der Waals surface area contributed by atoms with Crippen LogP contribution in [0.3, 0.4) is 0 Å². The van der Waals surface area contributed by atoms with E-state index in [0.717, 1.165) is 4.90 Å². The van der Waals surface area contributed by atoms with Crippen molar-refractivity contribution in [2.75, 3.05) is 13.2 Å². The average Bonchev–Trinajstić information content (AvgIpc) is 2.72. The van der Waals surface area contributed by atoms with Gasteiger partial charge in [-0.2, -0.15) is 5.06 Å². The van der Waals surface area contributed by atoms with Gasteiger partial charge in [0.25, 0.3) is 0 Å². The van der Waals surface area contributed by atoms with Crippen molar-refractivity contribution >= 4 is 42.7 Å². The quantitative estimate of drug-likeness (QED) is 0.297. The van der Waals surface area contributed by atoms with Crippen LogP contribution < -0.4 is 10.6 Å². The molecule has 0 aliphatic carbocycles.